The van der Waals surface area contributed by atoms with Crippen molar-refractivity contribution in [3.8, 4) is 0 Å². The fourth-order valence-corrected chi connectivity index (χ4v) is 4.07. The maximum atomic E-state index is 4.36. The summed E-state index contributed by atoms with van der Waals surface area (Å²) >= 11 is 0. The van der Waals surface area contributed by atoms with Crippen molar-refractivity contribution in [2.24, 2.45) is 11.3 Å². The van der Waals surface area contributed by atoms with Crippen LogP contribution < -0.4 is 5.32 Å². The van der Waals surface area contributed by atoms with Crippen molar-refractivity contribution in [2.45, 2.75) is 52.5 Å². The minimum absolute atomic E-state index is 0.540. The predicted octanol–water partition coefficient (Wildman–Crippen LogP) is 4.26. The smallest absolute Gasteiger partial charge is 0.137 e. The zero-order chi connectivity index (χ0) is 14.7. The number of aromatic nitrogens is 2. The van der Waals surface area contributed by atoms with Gasteiger partial charge in [0.05, 0.1) is 0 Å². The van der Waals surface area contributed by atoms with Gasteiger partial charge < -0.3 is 10.3 Å². The van der Waals surface area contributed by atoms with Gasteiger partial charge in [-0.05, 0) is 48.3 Å². The highest BCUT2D eigenvalue weighted by atomic mass is 14.9. The number of nitrogens with one attached hydrogen (secondary N) is 2. The third kappa shape index (κ3) is 3.29. The number of pyridine rings is 1. The summed E-state index contributed by atoms with van der Waals surface area (Å²) in [7, 11) is 0. The van der Waals surface area contributed by atoms with Gasteiger partial charge in [-0.25, -0.2) is 4.98 Å². The minimum atomic E-state index is 0.540. The maximum Gasteiger partial charge on any atom is 0.137 e. The number of nitrogens with zero attached hydrogens (tertiary/aromatic N) is 1. The second-order valence-corrected chi connectivity index (χ2v) is 7.12. The molecular weight excluding hydrogens is 258 g/mol. The third-order valence-electron chi connectivity index (χ3n) is 4.86. The first-order chi connectivity index (χ1) is 10.2. The zero-order valence-corrected chi connectivity index (χ0v) is 13.3. The van der Waals surface area contributed by atoms with E-state index in [0.717, 1.165) is 24.7 Å². The molecule has 1 saturated carbocycles. The number of aromatic amines is 1. The van der Waals surface area contributed by atoms with E-state index in [2.05, 4.69) is 41.4 Å². The summed E-state index contributed by atoms with van der Waals surface area (Å²) in [5.41, 5.74) is 2.86. The highest BCUT2D eigenvalue weighted by molar-refractivity contribution is 5.79. The van der Waals surface area contributed by atoms with Gasteiger partial charge in [-0.2, -0.15) is 0 Å². The van der Waals surface area contributed by atoms with Crippen molar-refractivity contribution in [1.82, 2.24) is 15.3 Å². The van der Waals surface area contributed by atoms with Crippen LogP contribution in [0.5, 0.6) is 0 Å². The number of fused-ring (bicyclic) bond motifs is 1. The molecule has 3 heteroatoms. The van der Waals surface area contributed by atoms with Crippen molar-refractivity contribution in [1.29, 1.82) is 0 Å². The van der Waals surface area contributed by atoms with Crippen molar-refractivity contribution >= 4 is 11.0 Å². The first-order valence-electron chi connectivity index (χ1n) is 8.30. The molecule has 0 unspecified atom stereocenters. The van der Waals surface area contributed by atoms with E-state index in [9.17, 15) is 0 Å². The molecule has 1 aliphatic carbocycles. The molecule has 2 aromatic rings. The molecule has 0 amide bonds. The molecule has 1 aliphatic rings. The fraction of sp³-hybridized carbons (Fsp3) is 0.611. The van der Waals surface area contributed by atoms with Crippen LogP contribution in [0.15, 0.2) is 24.5 Å². The Balaban J connectivity index is 1.62. The first-order valence-corrected chi connectivity index (χ1v) is 8.30. The van der Waals surface area contributed by atoms with E-state index >= 15 is 0 Å². The van der Waals surface area contributed by atoms with Crippen molar-refractivity contribution < 1.29 is 0 Å². The molecule has 21 heavy (non-hydrogen) atoms. The Bertz CT molecular complexity index is 579. The van der Waals surface area contributed by atoms with Crippen LogP contribution in [0, 0.1) is 11.3 Å². The Hall–Kier alpha value is -1.35. The molecule has 0 saturated heterocycles. The largest absolute Gasteiger partial charge is 0.346 e. The Kier molecular flexibility index (Phi) is 4.29. The van der Waals surface area contributed by atoms with Gasteiger partial charge >= 0.3 is 0 Å². The predicted molar refractivity (Wildman–Crippen MR) is 88.2 cm³/mol. The fourth-order valence-electron chi connectivity index (χ4n) is 4.07. The van der Waals surface area contributed by atoms with Crippen LogP contribution in [0.2, 0.25) is 0 Å². The molecule has 3 rings (SSSR count). The second-order valence-electron chi connectivity index (χ2n) is 7.12. The summed E-state index contributed by atoms with van der Waals surface area (Å²) < 4.78 is 0. The summed E-state index contributed by atoms with van der Waals surface area (Å²) in [6.45, 7) is 6.79. The Labute approximate surface area is 127 Å². The Morgan fingerprint density at radius 3 is 2.90 bits per heavy atom. The van der Waals surface area contributed by atoms with Crippen molar-refractivity contribution in [3.05, 3.63) is 30.1 Å². The number of rotatable bonds is 6. The van der Waals surface area contributed by atoms with Crippen LogP contribution in [0.25, 0.3) is 11.0 Å². The van der Waals surface area contributed by atoms with E-state index in [4.69, 9.17) is 0 Å². The van der Waals surface area contributed by atoms with Crippen LogP contribution in [-0.4, -0.2) is 16.5 Å². The van der Waals surface area contributed by atoms with E-state index in [1.54, 1.807) is 0 Å². The number of hydrogen-bond acceptors (Lipinski definition) is 2. The summed E-state index contributed by atoms with van der Waals surface area (Å²) in [6, 6.07) is 4.16. The molecule has 0 aliphatic heterocycles. The standard InChI is InChI=1S/C18H27N3/c1-14(2)10-18(7-3-4-8-18)13-19-11-15-12-21-17-16(15)6-5-9-20-17/h5-6,9,12,14,19H,3-4,7-8,10-11,13H2,1-2H3,(H,20,21). The number of hydrogen-bond donors (Lipinski definition) is 2. The quantitative estimate of drug-likeness (QED) is 0.832. The third-order valence-corrected chi connectivity index (χ3v) is 4.86. The van der Waals surface area contributed by atoms with Crippen LogP contribution in [0.3, 0.4) is 0 Å². The van der Waals surface area contributed by atoms with E-state index in [1.165, 1.54) is 43.1 Å². The highest BCUT2D eigenvalue weighted by Crippen LogP contribution is 2.42. The van der Waals surface area contributed by atoms with Crippen LogP contribution in [-0.2, 0) is 6.54 Å². The summed E-state index contributed by atoms with van der Waals surface area (Å²) in [6.07, 6.45) is 10.9. The van der Waals surface area contributed by atoms with Crippen LogP contribution in [0.4, 0.5) is 0 Å². The summed E-state index contributed by atoms with van der Waals surface area (Å²) in [5, 5.41) is 4.97. The Morgan fingerprint density at radius 1 is 1.33 bits per heavy atom. The lowest BCUT2D eigenvalue weighted by molar-refractivity contribution is 0.223. The average Bonchev–Trinajstić information content (AvgIpc) is 3.06. The lowest BCUT2D eigenvalue weighted by Crippen LogP contribution is -2.33. The monoisotopic (exact) mass is 285 g/mol. The molecule has 1 fully saturated rings. The molecule has 0 atom stereocenters. The molecular formula is C18H27N3. The van der Waals surface area contributed by atoms with Gasteiger partial charge in [0.2, 0.25) is 0 Å². The Morgan fingerprint density at radius 2 is 2.14 bits per heavy atom. The molecule has 0 radical (unpaired) electrons. The second kappa shape index (κ2) is 6.18. The van der Waals surface area contributed by atoms with Gasteiger partial charge in [-0.1, -0.05) is 26.7 Å². The van der Waals surface area contributed by atoms with E-state index in [-0.39, 0.29) is 0 Å². The molecule has 0 bridgehead atoms. The van der Waals surface area contributed by atoms with E-state index in [0.29, 0.717) is 5.41 Å². The SMILES string of the molecule is CC(C)CC1(CNCc2c[nH]c3ncccc23)CCCC1. The molecule has 2 N–H and O–H groups in total. The summed E-state index contributed by atoms with van der Waals surface area (Å²) in [5.74, 6) is 0.794. The van der Waals surface area contributed by atoms with Crippen molar-refractivity contribution in [2.75, 3.05) is 6.54 Å². The van der Waals surface area contributed by atoms with E-state index in [1.807, 2.05) is 12.3 Å². The van der Waals surface area contributed by atoms with Gasteiger partial charge in [0.15, 0.2) is 0 Å². The highest BCUT2D eigenvalue weighted by Gasteiger charge is 2.33. The topological polar surface area (TPSA) is 40.7 Å². The molecule has 2 heterocycles. The molecule has 0 spiro atoms. The lowest BCUT2D eigenvalue weighted by Gasteiger charge is -2.31. The van der Waals surface area contributed by atoms with Gasteiger partial charge in [0, 0.05) is 30.9 Å². The maximum absolute atomic E-state index is 4.36. The summed E-state index contributed by atoms with van der Waals surface area (Å²) in [4.78, 5) is 7.61. The van der Waals surface area contributed by atoms with Crippen molar-refractivity contribution in [3.63, 3.8) is 0 Å². The zero-order valence-electron chi connectivity index (χ0n) is 13.3. The lowest BCUT2D eigenvalue weighted by atomic mass is 9.78. The van der Waals surface area contributed by atoms with Gasteiger partial charge in [0.25, 0.3) is 0 Å². The average molecular weight is 285 g/mol. The van der Waals surface area contributed by atoms with Gasteiger partial charge in [-0.15, -0.1) is 0 Å². The molecule has 114 valence electrons. The van der Waals surface area contributed by atoms with Crippen LogP contribution in [0.1, 0.15) is 51.5 Å². The molecule has 0 aromatic carbocycles. The van der Waals surface area contributed by atoms with Gasteiger partial charge in [0.1, 0.15) is 5.65 Å². The van der Waals surface area contributed by atoms with Gasteiger partial charge in [-0.3, -0.25) is 0 Å². The normalized spacial score (nSPS) is 17.9. The first kappa shape index (κ1) is 14.6. The molecule has 3 nitrogen and oxygen atoms in total. The van der Waals surface area contributed by atoms with E-state index < -0.39 is 0 Å². The van der Waals surface area contributed by atoms with Crippen LogP contribution >= 0.6 is 0 Å². The minimum Gasteiger partial charge on any atom is -0.346 e. The number of H-pyrrole nitrogens is 1. The molecule has 2 aromatic heterocycles.